The molecule has 0 spiro atoms. The Labute approximate surface area is 212 Å². The second kappa shape index (κ2) is 9.55. The van der Waals surface area contributed by atoms with Gasteiger partial charge in [-0.25, -0.2) is 0 Å². The van der Waals surface area contributed by atoms with Gasteiger partial charge < -0.3 is 19.5 Å². The van der Waals surface area contributed by atoms with E-state index in [0.29, 0.717) is 5.11 Å². The number of thiocarbonyl (C=S) groups is 1. The summed E-state index contributed by atoms with van der Waals surface area (Å²) in [7, 11) is 1.69. The lowest BCUT2D eigenvalue weighted by atomic mass is 9.96. The molecule has 1 saturated heterocycles. The van der Waals surface area contributed by atoms with E-state index < -0.39 is 0 Å². The number of aromatic nitrogens is 2. The van der Waals surface area contributed by atoms with Gasteiger partial charge in [-0.2, -0.15) is 0 Å². The van der Waals surface area contributed by atoms with Crippen molar-refractivity contribution in [1.29, 1.82) is 0 Å². The molecule has 1 aliphatic heterocycles. The molecule has 5 rings (SSSR count). The third-order valence-electron chi connectivity index (χ3n) is 6.83. The fraction of sp³-hybridized carbons (Fsp3) is 0.241. The third kappa shape index (κ3) is 4.08. The highest BCUT2D eigenvalue weighted by molar-refractivity contribution is 7.80. The van der Waals surface area contributed by atoms with E-state index in [-0.39, 0.29) is 12.1 Å². The lowest BCUT2D eigenvalue weighted by Crippen LogP contribution is -2.29. The van der Waals surface area contributed by atoms with Crippen LogP contribution in [0.2, 0.25) is 0 Å². The molecule has 3 heterocycles. The Morgan fingerprint density at radius 2 is 1.80 bits per heavy atom. The molecule has 0 unspecified atom stereocenters. The average molecular weight is 483 g/mol. The fourth-order valence-electron chi connectivity index (χ4n) is 5.20. The summed E-state index contributed by atoms with van der Waals surface area (Å²) < 4.78 is 7.90. The fourth-order valence-corrected chi connectivity index (χ4v) is 5.54. The van der Waals surface area contributed by atoms with Gasteiger partial charge in [0.05, 0.1) is 24.9 Å². The van der Waals surface area contributed by atoms with Gasteiger partial charge in [0.2, 0.25) is 0 Å². The normalized spacial score (nSPS) is 17.5. The van der Waals surface area contributed by atoms with E-state index in [0.717, 1.165) is 23.6 Å². The van der Waals surface area contributed by atoms with Crippen LogP contribution in [-0.2, 0) is 6.42 Å². The SMILES string of the molecule is CCc1ccccc1-n1c(C)cc([C@@H]2[C@@H](c3ccccn3)NC(=S)N2c2cccc(OC)c2)c1C. The second-order valence-electron chi connectivity index (χ2n) is 8.84. The predicted molar refractivity (Wildman–Crippen MR) is 146 cm³/mol. The van der Waals surface area contributed by atoms with E-state index in [1.165, 1.54) is 28.2 Å². The van der Waals surface area contributed by atoms with Crippen molar-refractivity contribution in [3.8, 4) is 11.4 Å². The van der Waals surface area contributed by atoms with Crippen molar-refractivity contribution in [2.75, 3.05) is 12.0 Å². The molecular formula is C29H30N4OS. The molecule has 0 amide bonds. The van der Waals surface area contributed by atoms with Crippen molar-refractivity contribution < 1.29 is 4.74 Å². The first-order chi connectivity index (χ1) is 17.0. The largest absolute Gasteiger partial charge is 0.497 e. The third-order valence-corrected chi connectivity index (χ3v) is 7.15. The predicted octanol–water partition coefficient (Wildman–Crippen LogP) is 6.24. The molecule has 6 heteroatoms. The first-order valence-corrected chi connectivity index (χ1v) is 12.4. The van der Waals surface area contributed by atoms with Crippen LogP contribution >= 0.6 is 12.2 Å². The molecule has 1 fully saturated rings. The summed E-state index contributed by atoms with van der Waals surface area (Å²) in [5.41, 5.74) is 8.13. The van der Waals surface area contributed by atoms with Crippen LogP contribution in [-0.4, -0.2) is 21.8 Å². The molecule has 0 aliphatic carbocycles. The number of nitrogens with one attached hydrogen (secondary N) is 1. The van der Waals surface area contributed by atoms with E-state index in [4.69, 9.17) is 21.9 Å². The van der Waals surface area contributed by atoms with E-state index in [1.54, 1.807) is 7.11 Å². The molecular weight excluding hydrogens is 452 g/mol. The van der Waals surface area contributed by atoms with Crippen LogP contribution in [0.1, 0.15) is 47.2 Å². The molecule has 178 valence electrons. The topological polar surface area (TPSA) is 42.3 Å². The number of hydrogen-bond donors (Lipinski definition) is 1. The number of methoxy groups -OCH3 is 1. The van der Waals surface area contributed by atoms with E-state index >= 15 is 0 Å². The Balaban J connectivity index is 1.70. The lowest BCUT2D eigenvalue weighted by molar-refractivity contribution is 0.415. The Hall–Kier alpha value is -3.64. The van der Waals surface area contributed by atoms with Crippen LogP contribution in [0.4, 0.5) is 5.69 Å². The Morgan fingerprint density at radius 1 is 1.00 bits per heavy atom. The van der Waals surface area contributed by atoms with Crippen LogP contribution < -0.4 is 15.0 Å². The first-order valence-electron chi connectivity index (χ1n) is 11.9. The number of pyridine rings is 1. The zero-order chi connectivity index (χ0) is 24.5. The number of aryl methyl sites for hydroxylation is 2. The number of benzene rings is 2. The summed E-state index contributed by atoms with van der Waals surface area (Å²) in [6.45, 7) is 6.58. The molecule has 0 bridgehead atoms. The van der Waals surface area contributed by atoms with Crippen molar-refractivity contribution in [2.45, 2.75) is 39.3 Å². The molecule has 35 heavy (non-hydrogen) atoms. The zero-order valence-electron chi connectivity index (χ0n) is 20.5. The monoisotopic (exact) mass is 482 g/mol. The highest BCUT2D eigenvalue weighted by Crippen LogP contribution is 2.44. The number of para-hydroxylation sites is 1. The van der Waals surface area contributed by atoms with Gasteiger partial charge in [0.15, 0.2) is 5.11 Å². The molecule has 5 nitrogen and oxygen atoms in total. The van der Waals surface area contributed by atoms with Gasteiger partial charge in [-0.1, -0.05) is 37.3 Å². The Morgan fingerprint density at radius 3 is 2.54 bits per heavy atom. The lowest BCUT2D eigenvalue weighted by Gasteiger charge is -2.28. The van der Waals surface area contributed by atoms with Crippen molar-refractivity contribution in [2.24, 2.45) is 0 Å². The molecule has 0 radical (unpaired) electrons. The molecule has 2 atom stereocenters. The quantitative estimate of drug-likeness (QED) is 0.330. The Kier molecular flexibility index (Phi) is 6.31. The minimum absolute atomic E-state index is 0.0711. The first kappa shape index (κ1) is 23.1. The summed E-state index contributed by atoms with van der Waals surface area (Å²) >= 11 is 5.91. The zero-order valence-corrected chi connectivity index (χ0v) is 21.3. The van der Waals surface area contributed by atoms with Crippen molar-refractivity contribution in [3.63, 3.8) is 0 Å². The van der Waals surface area contributed by atoms with Crippen LogP contribution in [0.25, 0.3) is 5.69 Å². The van der Waals surface area contributed by atoms with E-state index in [9.17, 15) is 0 Å². The number of rotatable bonds is 6. The van der Waals surface area contributed by atoms with Gasteiger partial charge in [0.25, 0.3) is 0 Å². The van der Waals surface area contributed by atoms with Gasteiger partial charge in [0, 0.05) is 35.0 Å². The van der Waals surface area contributed by atoms with Crippen LogP contribution in [0.15, 0.2) is 79.0 Å². The summed E-state index contributed by atoms with van der Waals surface area (Å²) in [6, 6.07) is 24.9. The van der Waals surface area contributed by atoms with E-state index in [2.05, 4.69) is 78.0 Å². The van der Waals surface area contributed by atoms with Crippen molar-refractivity contribution >= 4 is 23.0 Å². The van der Waals surface area contributed by atoms with Crippen LogP contribution in [0.3, 0.4) is 0 Å². The Bertz CT molecular complexity index is 1360. The van der Waals surface area contributed by atoms with Gasteiger partial charge in [0.1, 0.15) is 5.75 Å². The van der Waals surface area contributed by atoms with Gasteiger partial charge in [-0.3, -0.25) is 4.98 Å². The summed E-state index contributed by atoms with van der Waals surface area (Å²) in [4.78, 5) is 6.90. The van der Waals surface area contributed by atoms with Gasteiger partial charge in [-0.05, 0) is 80.0 Å². The standard InChI is InChI=1S/C29H30N4OS/c1-5-21-11-6-7-15-26(21)32-19(2)17-24(20(32)3)28-27(25-14-8-9-16-30-25)31-29(35)33(28)22-12-10-13-23(18-22)34-4/h6-18,27-28H,5H2,1-4H3,(H,31,35)/t27-,28-/m1/s1. The number of hydrogen-bond acceptors (Lipinski definition) is 3. The maximum absolute atomic E-state index is 5.91. The van der Waals surface area contributed by atoms with E-state index in [1.807, 2.05) is 36.5 Å². The molecule has 2 aromatic carbocycles. The molecule has 0 saturated carbocycles. The molecule has 4 aromatic rings. The summed E-state index contributed by atoms with van der Waals surface area (Å²) in [5.74, 6) is 0.799. The smallest absolute Gasteiger partial charge is 0.174 e. The molecule has 1 N–H and O–H groups in total. The second-order valence-corrected chi connectivity index (χ2v) is 9.23. The number of ether oxygens (including phenoxy) is 1. The minimum atomic E-state index is -0.0923. The van der Waals surface area contributed by atoms with Gasteiger partial charge in [-0.15, -0.1) is 0 Å². The van der Waals surface area contributed by atoms with Crippen molar-refractivity contribution in [1.82, 2.24) is 14.9 Å². The highest BCUT2D eigenvalue weighted by Gasteiger charge is 2.42. The average Bonchev–Trinajstić information content (AvgIpc) is 3.39. The van der Waals surface area contributed by atoms with Crippen molar-refractivity contribution in [3.05, 3.63) is 107 Å². The summed E-state index contributed by atoms with van der Waals surface area (Å²) in [5, 5.41) is 4.25. The summed E-state index contributed by atoms with van der Waals surface area (Å²) in [6.07, 6.45) is 2.82. The molecule has 1 aliphatic rings. The molecule has 2 aromatic heterocycles. The maximum atomic E-state index is 5.91. The number of nitrogens with zero attached hydrogens (tertiary/aromatic N) is 3. The minimum Gasteiger partial charge on any atom is -0.497 e. The number of anilines is 1. The van der Waals surface area contributed by atoms with Crippen LogP contribution in [0.5, 0.6) is 5.75 Å². The van der Waals surface area contributed by atoms with Gasteiger partial charge >= 0.3 is 0 Å². The van der Waals surface area contributed by atoms with Crippen LogP contribution in [0, 0.1) is 13.8 Å². The highest BCUT2D eigenvalue weighted by atomic mass is 32.1. The maximum Gasteiger partial charge on any atom is 0.174 e.